The summed E-state index contributed by atoms with van der Waals surface area (Å²) in [4.78, 5) is 2.46. The minimum Gasteiger partial charge on any atom is -0.314 e. The third-order valence-corrected chi connectivity index (χ3v) is 4.37. The molecule has 2 unspecified atom stereocenters. The molecule has 90 valence electrons. The second-order valence-electron chi connectivity index (χ2n) is 4.89. The van der Waals surface area contributed by atoms with Gasteiger partial charge in [0.2, 0.25) is 0 Å². The summed E-state index contributed by atoms with van der Waals surface area (Å²) in [6, 6.07) is 3.68. The van der Waals surface area contributed by atoms with Crippen molar-refractivity contribution in [2.45, 2.75) is 38.3 Å². The molecule has 2 heterocycles. The summed E-state index contributed by atoms with van der Waals surface area (Å²) in [5.41, 5.74) is 1.47. The fourth-order valence-corrected chi connectivity index (χ4v) is 3.03. The number of nitrogens with zero attached hydrogens (tertiary/aromatic N) is 1. The predicted molar refractivity (Wildman–Crippen MR) is 71.1 cm³/mol. The fraction of sp³-hybridized carbons (Fsp3) is 0.692. The van der Waals surface area contributed by atoms with Crippen molar-refractivity contribution in [2.75, 3.05) is 20.1 Å². The Hall–Kier alpha value is -0.380. The standard InChI is InChI=1S/C13H22N2S/c1-11-9-13(4-7-15(11)2)14-6-3-12-5-8-16-10-12/h5,8,10-11,13-14H,3-4,6-7,9H2,1-2H3. The molecule has 0 radical (unpaired) electrons. The van der Waals surface area contributed by atoms with Crippen LogP contribution in [0.4, 0.5) is 0 Å². The zero-order chi connectivity index (χ0) is 11.4. The Balaban J connectivity index is 1.67. The van der Waals surface area contributed by atoms with Gasteiger partial charge in [-0.3, -0.25) is 0 Å². The van der Waals surface area contributed by atoms with E-state index in [9.17, 15) is 0 Å². The highest BCUT2D eigenvalue weighted by Crippen LogP contribution is 2.15. The van der Waals surface area contributed by atoms with Crippen molar-refractivity contribution in [1.82, 2.24) is 10.2 Å². The predicted octanol–water partition coefficient (Wildman–Crippen LogP) is 2.36. The Labute approximate surface area is 103 Å². The monoisotopic (exact) mass is 238 g/mol. The number of thiophene rings is 1. The van der Waals surface area contributed by atoms with E-state index in [0.717, 1.165) is 18.6 Å². The Kier molecular flexibility index (Phi) is 4.38. The molecule has 2 rings (SSSR count). The molecule has 3 heteroatoms. The van der Waals surface area contributed by atoms with Crippen LogP contribution in [0, 0.1) is 0 Å². The van der Waals surface area contributed by atoms with E-state index >= 15 is 0 Å². The van der Waals surface area contributed by atoms with Crippen LogP contribution in [0.25, 0.3) is 0 Å². The SMILES string of the molecule is CC1CC(NCCc2ccsc2)CCN1C. The molecule has 0 saturated carbocycles. The van der Waals surface area contributed by atoms with Crippen LogP contribution in [0.5, 0.6) is 0 Å². The van der Waals surface area contributed by atoms with Crippen LogP contribution >= 0.6 is 11.3 Å². The van der Waals surface area contributed by atoms with Crippen LogP contribution in [0.1, 0.15) is 25.3 Å². The van der Waals surface area contributed by atoms with E-state index in [1.807, 2.05) is 0 Å². The van der Waals surface area contributed by atoms with Gasteiger partial charge in [-0.15, -0.1) is 0 Å². The van der Waals surface area contributed by atoms with Crippen molar-refractivity contribution in [3.8, 4) is 0 Å². The zero-order valence-electron chi connectivity index (χ0n) is 10.3. The van der Waals surface area contributed by atoms with Crippen LogP contribution in [0.3, 0.4) is 0 Å². The van der Waals surface area contributed by atoms with Gasteiger partial charge in [0.1, 0.15) is 0 Å². The summed E-state index contributed by atoms with van der Waals surface area (Å²) in [6.07, 6.45) is 3.76. The number of hydrogen-bond acceptors (Lipinski definition) is 3. The van der Waals surface area contributed by atoms with E-state index in [1.54, 1.807) is 11.3 Å². The largest absolute Gasteiger partial charge is 0.314 e. The Morgan fingerprint density at radius 2 is 2.44 bits per heavy atom. The van der Waals surface area contributed by atoms with Gasteiger partial charge in [0.05, 0.1) is 0 Å². The van der Waals surface area contributed by atoms with Crippen LogP contribution in [0.15, 0.2) is 16.8 Å². The van der Waals surface area contributed by atoms with E-state index in [0.29, 0.717) is 0 Å². The van der Waals surface area contributed by atoms with Crippen molar-refractivity contribution in [3.63, 3.8) is 0 Å². The summed E-state index contributed by atoms with van der Waals surface area (Å²) in [6.45, 7) is 4.68. The van der Waals surface area contributed by atoms with E-state index in [1.165, 1.54) is 31.4 Å². The minimum absolute atomic E-state index is 0.727. The molecule has 2 nitrogen and oxygen atoms in total. The Morgan fingerprint density at radius 3 is 3.12 bits per heavy atom. The smallest absolute Gasteiger partial charge is 0.00941 e. The minimum atomic E-state index is 0.727. The van der Waals surface area contributed by atoms with Crippen LogP contribution in [0.2, 0.25) is 0 Å². The number of likely N-dealkylation sites (tertiary alicyclic amines) is 1. The summed E-state index contributed by atoms with van der Waals surface area (Å²) >= 11 is 1.79. The summed E-state index contributed by atoms with van der Waals surface area (Å²) in [5.74, 6) is 0. The maximum Gasteiger partial charge on any atom is 0.00941 e. The molecule has 1 aliphatic heterocycles. The summed E-state index contributed by atoms with van der Waals surface area (Å²) in [5, 5.41) is 8.10. The van der Waals surface area contributed by atoms with Crippen LogP contribution in [-0.2, 0) is 6.42 Å². The van der Waals surface area contributed by atoms with E-state index in [4.69, 9.17) is 0 Å². The molecule has 16 heavy (non-hydrogen) atoms. The molecule has 0 bridgehead atoms. The highest BCUT2D eigenvalue weighted by molar-refractivity contribution is 7.07. The molecule has 0 amide bonds. The first-order valence-corrected chi connectivity index (χ1v) is 7.14. The second kappa shape index (κ2) is 5.80. The van der Waals surface area contributed by atoms with Gasteiger partial charge in [0.15, 0.2) is 0 Å². The second-order valence-corrected chi connectivity index (χ2v) is 5.67. The van der Waals surface area contributed by atoms with E-state index < -0.39 is 0 Å². The molecule has 1 saturated heterocycles. The van der Waals surface area contributed by atoms with Crippen LogP contribution < -0.4 is 5.32 Å². The third kappa shape index (κ3) is 3.30. The Bertz CT molecular complexity index is 297. The van der Waals surface area contributed by atoms with Gasteiger partial charge in [-0.1, -0.05) is 0 Å². The summed E-state index contributed by atoms with van der Waals surface area (Å²) < 4.78 is 0. The Morgan fingerprint density at radius 1 is 1.56 bits per heavy atom. The first kappa shape index (κ1) is 12.1. The third-order valence-electron chi connectivity index (χ3n) is 3.64. The van der Waals surface area contributed by atoms with Crippen molar-refractivity contribution in [1.29, 1.82) is 0 Å². The first-order chi connectivity index (χ1) is 7.75. The molecular weight excluding hydrogens is 216 g/mol. The fourth-order valence-electron chi connectivity index (χ4n) is 2.33. The van der Waals surface area contributed by atoms with Gasteiger partial charge in [0, 0.05) is 12.1 Å². The lowest BCUT2D eigenvalue weighted by Gasteiger charge is -2.35. The highest BCUT2D eigenvalue weighted by atomic mass is 32.1. The van der Waals surface area contributed by atoms with Crippen LogP contribution in [-0.4, -0.2) is 37.1 Å². The molecule has 1 aromatic heterocycles. The molecule has 0 aliphatic carbocycles. The van der Waals surface area contributed by atoms with E-state index in [-0.39, 0.29) is 0 Å². The van der Waals surface area contributed by atoms with Gasteiger partial charge in [-0.2, -0.15) is 11.3 Å². The normalized spacial score (nSPS) is 27.1. The van der Waals surface area contributed by atoms with Gasteiger partial charge < -0.3 is 10.2 Å². The molecule has 0 spiro atoms. The number of piperidine rings is 1. The van der Waals surface area contributed by atoms with Crippen molar-refractivity contribution in [2.24, 2.45) is 0 Å². The number of nitrogens with one attached hydrogen (secondary N) is 1. The van der Waals surface area contributed by atoms with Crippen molar-refractivity contribution in [3.05, 3.63) is 22.4 Å². The van der Waals surface area contributed by atoms with E-state index in [2.05, 4.69) is 41.0 Å². The van der Waals surface area contributed by atoms with Gasteiger partial charge >= 0.3 is 0 Å². The first-order valence-electron chi connectivity index (χ1n) is 6.20. The lowest BCUT2D eigenvalue weighted by Crippen LogP contribution is -2.46. The average molecular weight is 238 g/mol. The topological polar surface area (TPSA) is 15.3 Å². The molecule has 1 aliphatic rings. The average Bonchev–Trinajstić information content (AvgIpc) is 2.76. The summed E-state index contributed by atoms with van der Waals surface area (Å²) in [7, 11) is 2.23. The lowest BCUT2D eigenvalue weighted by atomic mass is 9.99. The highest BCUT2D eigenvalue weighted by Gasteiger charge is 2.21. The maximum absolute atomic E-state index is 3.69. The lowest BCUT2D eigenvalue weighted by molar-refractivity contribution is 0.169. The quantitative estimate of drug-likeness (QED) is 0.866. The molecule has 0 aromatic carbocycles. The van der Waals surface area contributed by atoms with Crippen molar-refractivity contribution >= 4 is 11.3 Å². The molecule has 2 atom stereocenters. The zero-order valence-corrected chi connectivity index (χ0v) is 11.1. The van der Waals surface area contributed by atoms with Crippen molar-refractivity contribution < 1.29 is 0 Å². The number of hydrogen-bond donors (Lipinski definition) is 1. The number of rotatable bonds is 4. The molecule has 1 N–H and O–H groups in total. The molecular formula is C13H22N2S. The van der Waals surface area contributed by atoms with Gasteiger partial charge in [-0.25, -0.2) is 0 Å². The molecule has 1 fully saturated rings. The van der Waals surface area contributed by atoms with Gasteiger partial charge in [-0.05, 0) is 68.7 Å². The maximum atomic E-state index is 3.69. The van der Waals surface area contributed by atoms with Gasteiger partial charge in [0.25, 0.3) is 0 Å². The molecule has 1 aromatic rings.